The van der Waals surface area contributed by atoms with Gasteiger partial charge in [-0.15, -0.1) is 0 Å². The lowest BCUT2D eigenvalue weighted by molar-refractivity contribution is -0.122. The van der Waals surface area contributed by atoms with Crippen LogP contribution < -0.4 is 10.1 Å². The fourth-order valence-corrected chi connectivity index (χ4v) is 4.78. The first-order chi connectivity index (χ1) is 15.1. The topological polar surface area (TPSA) is 50.7 Å². The number of carbonyl (C=O) groups excluding carboxylic acids is 1. The standard InChI is InChI=1S/C27H26N2O2/c1-17-10-12-18(13-11-17)20-15-24-26(25(30)16-20)27(19-6-5-7-21(14-19)31-2)29-23-9-4-3-8-22(23)28-24/h3-14,20,26-27,29H,15-16H2,1-2H3/t20-,26?,27+/m1/s1. The second kappa shape index (κ2) is 8.03. The number of benzene rings is 3. The van der Waals surface area contributed by atoms with Gasteiger partial charge in [0, 0.05) is 12.1 Å². The molecule has 3 atom stereocenters. The summed E-state index contributed by atoms with van der Waals surface area (Å²) < 4.78 is 5.45. The number of nitrogens with one attached hydrogen (secondary N) is 1. The third-order valence-corrected chi connectivity index (χ3v) is 6.42. The van der Waals surface area contributed by atoms with Crippen LogP contribution in [0.3, 0.4) is 0 Å². The number of aryl methyl sites for hydroxylation is 1. The Hall–Kier alpha value is -3.40. The first kappa shape index (κ1) is 19.6. The molecule has 3 aromatic rings. The molecule has 0 radical (unpaired) electrons. The molecule has 1 aliphatic heterocycles. The van der Waals surface area contributed by atoms with Gasteiger partial charge >= 0.3 is 0 Å². The van der Waals surface area contributed by atoms with Crippen LogP contribution in [0.2, 0.25) is 0 Å². The molecule has 156 valence electrons. The number of methoxy groups -OCH3 is 1. The lowest BCUT2D eigenvalue weighted by Crippen LogP contribution is -2.38. The largest absolute Gasteiger partial charge is 0.497 e. The minimum atomic E-state index is -0.291. The molecule has 0 bridgehead atoms. The molecular formula is C27H26N2O2. The molecule has 1 saturated carbocycles. The summed E-state index contributed by atoms with van der Waals surface area (Å²) in [5, 5.41) is 3.63. The summed E-state index contributed by atoms with van der Waals surface area (Å²) in [5.41, 5.74) is 6.29. The molecule has 0 amide bonds. The molecule has 31 heavy (non-hydrogen) atoms. The van der Waals surface area contributed by atoms with Gasteiger partial charge in [-0.25, -0.2) is 0 Å². The Kier molecular flexibility index (Phi) is 5.06. The fourth-order valence-electron chi connectivity index (χ4n) is 4.78. The van der Waals surface area contributed by atoms with Crippen molar-refractivity contribution in [1.82, 2.24) is 0 Å². The number of rotatable bonds is 3. The van der Waals surface area contributed by atoms with Gasteiger partial charge in [0.25, 0.3) is 0 Å². The zero-order chi connectivity index (χ0) is 21.4. The number of hydrogen-bond donors (Lipinski definition) is 1. The highest BCUT2D eigenvalue weighted by molar-refractivity contribution is 6.10. The number of aliphatic imine (C=N–C) groups is 1. The van der Waals surface area contributed by atoms with E-state index in [-0.39, 0.29) is 23.7 Å². The maximum Gasteiger partial charge on any atom is 0.144 e. The van der Waals surface area contributed by atoms with Gasteiger partial charge < -0.3 is 10.1 Å². The molecule has 0 saturated heterocycles. The van der Waals surface area contributed by atoms with Crippen molar-refractivity contribution in [2.75, 3.05) is 12.4 Å². The van der Waals surface area contributed by atoms with Crippen LogP contribution in [0.15, 0.2) is 77.8 Å². The summed E-state index contributed by atoms with van der Waals surface area (Å²) in [6.07, 6.45) is 1.32. The maximum absolute atomic E-state index is 13.6. The molecule has 2 aliphatic rings. The van der Waals surface area contributed by atoms with Crippen LogP contribution in [0.25, 0.3) is 0 Å². The van der Waals surface area contributed by atoms with Crippen LogP contribution >= 0.6 is 0 Å². The summed E-state index contributed by atoms with van der Waals surface area (Å²) in [6, 6.07) is 24.4. The minimum absolute atomic E-state index is 0.166. The van der Waals surface area contributed by atoms with E-state index in [1.54, 1.807) is 7.11 Å². The van der Waals surface area contributed by atoms with Gasteiger partial charge in [-0.3, -0.25) is 9.79 Å². The van der Waals surface area contributed by atoms with Gasteiger partial charge in [-0.1, -0.05) is 54.1 Å². The molecule has 5 rings (SSSR count). The second-order valence-corrected chi connectivity index (χ2v) is 8.48. The number of hydrogen-bond acceptors (Lipinski definition) is 4. The number of para-hydroxylation sites is 2. The van der Waals surface area contributed by atoms with Crippen LogP contribution in [0.1, 0.15) is 41.5 Å². The van der Waals surface area contributed by atoms with E-state index >= 15 is 0 Å². The summed E-state index contributed by atoms with van der Waals surface area (Å²) in [4.78, 5) is 18.6. The predicted molar refractivity (Wildman–Crippen MR) is 125 cm³/mol. The summed E-state index contributed by atoms with van der Waals surface area (Å²) in [6.45, 7) is 2.09. The quantitative estimate of drug-likeness (QED) is 0.576. The third kappa shape index (κ3) is 3.74. The Labute approximate surface area is 183 Å². The minimum Gasteiger partial charge on any atom is -0.497 e. The predicted octanol–water partition coefficient (Wildman–Crippen LogP) is 6.01. The van der Waals surface area contributed by atoms with Gasteiger partial charge in [-0.05, 0) is 54.7 Å². The SMILES string of the molecule is COc1cccc([C@@H]2Nc3ccccc3N=C3C[C@@H](c4ccc(C)cc4)CC(=O)C32)c1. The molecule has 4 heteroatoms. The molecule has 1 heterocycles. The second-order valence-electron chi connectivity index (χ2n) is 8.48. The Morgan fingerprint density at radius 1 is 0.935 bits per heavy atom. The van der Waals surface area contributed by atoms with Crippen molar-refractivity contribution in [2.24, 2.45) is 10.9 Å². The number of Topliss-reactive ketones (excluding diaryl/α,β-unsaturated/α-hetero) is 1. The highest BCUT2D eigenvalue weighted by atomic mass is 16.5. The maximum atomic E-state index is 13.6. The van der Waals surface area contributed by atoms with Gasteiger partial charge in [0.1, 0.15) is 11.5 Å². The van der Waals surface area contributed by atoms with Crippen molar-refractivity contribution in [1.29, 1.82) is 0 Å². The van der Waals surface area contributed by atoms with E-state index in [4.69, 9.17) is 9.73 Å². The van der Waals surface area contributed by atoms with E-state index in [1.165, 1.54) is 11.1 Å². The number of fused-ring (bicyclic) bond motifs is 2. The van der Waals surface area contributed by atoms with Crippen molar-refractivity contribution in [3.05, 3.63) is 89.5 Å². The van der Waals surface area contributed by atoms with E-state index in [2.05, 4.69) is 42.6 Å². The highest BCUT2D eigenvalue weighted by Gasteiger charge is 2.41. The Bertz CT molecular complexity index is 1150. The van der Waals surface area contributed by atoms with Crippen LogP contribution in [-0.2, 0) is 4.79 Å². The van der Waals surface area contributed by atoms with E-state index < -0.39 is 0 Å². The van der Waals surface area contributed by atoms with Crippen LogP contribution in [-0.4, -0.2) is 18.6 Å². The van der Waals surface area contributed by atoms with Gasteiger partial charge in [0.15, 0.2) is 0 Å². The molecule has 1 aliphatic carbocycles. The highest BCUT2D eigenvalue weighted by Crippen LogP contribution is 2.44. The Morgan fingerprint density at radius 2 is 1.74 bits per heavy atom. The number of nitrogens with zero attached hydrogens (tertiary/aromatic N) is 1. The lowest BCUT2D eigenvalue weighted by atomic mass is 9.72. The third-order valence-electron chi connectivity index (χ3n) is 6.42. The number of ether oxygens (including phenoxy) is 1. The van der Waals surface area contributed by atoms with Crippen molar-refractivity contribution in [3.8, 4) is 5.75 Å². The van der Waals surface area contributed by atoms with E-state index in [1.807, 2.05) is 42.5 Å². The van der Waals surface area contributed by atoms with Crippen molar-refractivity contribution in [2.45, 2.75) is 31.7 Å². The summed E-state index contributed by atoms with van der Waals surface area (Å²) >= 11 is 0. The average molecular weight is 411 g/mol. The monoisotopic (exact) mass is 410 g/mol. The first-order valence-corrected chi connectivity index (χ1v) is 10.8. The van der Waals surface area contributed by atoms with Gasteiger partial charge in [0.2, 0.25) is 0 Å². The van der Waals surface area contributed by atoms with Crippen LogP contribution in [0.4, 0.5) is 11.4 Å². The lowest BCUT2D eigenvalue weighted by Gasteiger charge is -2.34. The normalized spacial score (nSPS) is 22.5. The average Bonchev–Trinajstić information content (AvgIpc) is 2.96. The summed E-state index contributed by atoms with van der Waals surface area (Å²) in [5.74, 6) is 0.903. The van der Waals surface area contributed by atoms with Gasteiger partial charge in [0.05, 0.1) is 30.4 Å². The van der Waals surface area contributed by atoms with Crippen molar-refractivity contribution in [3.63, 3.8) is 0 Å². The van der Waals surface area contributed by atoms with Crippen LogP contribution in [0, 0.1) is 12.8 Å². The molecule has 1 unspecified atom stereocenters. The molecule has 1 N–H and O–H groups in total. The number of carbonyl (C=O) groups is 1. The first-order valence-electron chi connectivity index (χ1n) is 10.8. The molecule has 3 aromatic carbocycles. The fraction of sp³-hybridized carbons (Fsp3) is 0.259. The molecular weight excluding hydrogens is 384 g/mol. The molecule has 1 fully saturated rings. The van der Waals surface area contributed by atoms with E-state index in [9.17, 15) is 4.79 Å². The van der Waals surface area contributed by atoms with E-state index in [0.717, 1.165) is 34.8 Å². The molecule has 4 nitrogen and oxygen atoms in total. The smallest absolute Gasteiger partial charge is 0.144 e. The zero-order valence-corrected chi connectivity index (χ0v) is 17.8. The summed E-state index contributed by atoms with van der Waals surface area (Å²) in [7, 11) is 1.67. The van der Waals surface area contributed by atoms with Crippen LogP contribution in [0.5, 0.6) is 5.75 Å². The van der Waals surface area contributed by atoms with Gasteiger partial charge in [-0.2, -0.15) is 0 Å². The number of anilines is 1. The Balaban J connectivity index is 1.58. The van der Waals surface area contributed by atoms with Crippen molar-refractivity contribution >= 4 is 22.9 Å². The van der Waals surface area contributed by atoms with Crippen molar-refractivity contribution < 1.29 is 9.53 Å². The Morgan fingerprint density at radius 3 is 2.55 bits per heavy atom. The molecule has 0 aromatic heterocycles. The number of ketones is 1. The van der Waals surface area contributed by atoms with E-state index in [0.29, 0.717) is 6.42 Å². The molecule has 0 spiro atoms. The zero-order valence-electron chi connectivity index (χ0n) is 17.8.